The number of benzene rings is 2. The van der Waals surface area contributed by atoms with Crippen molar-refractivity contribution in [2.24, 2.45) is 0 Å². The number of unbranched alkanes of at least 4 members (excludes halogenated alkanes) is 2. The monoisotopic (exact) mass is 547 g/mol. The van der Waals surface area contributed by atoms with E-state index < -0.39 is 32.2 Å². The minimum absolute atomic E-state index is 0.115. The lowest BCUT2D eigenvalue weighted by atomic mass is 10.1. The number of ether oxygens (including phenoxy) is 1. The van der Waals surface area contributed by atoms with Crippen LogP contribution in [0.2, 0.25) is 0 Å². The Morgan fingerprint density at radius 2 is 1.72 bits per heavy atom. The van der Waals surface area contributed by atoms with Crippen LogP contribution in [0.25, 0.3) is 11.1 Å². The van der Waals surface area contributed by atoms with Gasteiger partial charge in [0.15, 0.2) is 4.90 Å². The Bertz CT molecular complexity index is 1580. The van der Waals surface area contributed by atoms with E-state index in [1.165, 1.54) is 23.8 Å². The summed E-state index contributed by atoms with van der Waals surface area (Å²) in [5.41, 5.74) is 2.41. The third-order valence-electron chi connectivity index (χ3n) is 6.70. The van der Waals surface area contributed by atoms with Crippen LogP contribution in [0.15, 0.2) is 87.5 Å². The SMILES string of the molecule is CCCCCc1nc(O)c(S(=O)(=O)c2ccc(-c3cccnc3C)cc2)c(=O)n1C(COC)c1ccccc1. The van der Waals surface area contributed by atoms with Crippen molar-refractivity contribution >= 4 is 9.84 Å². The molecular weight excluding hydrogens is 514 g/mol. The summed E-state index contributed by atoms with van der Waals surface area (Å²) in [5, 5.41) is 10.9. The van der Waals surface area contributed by atoms with Crippen LogP contribution in [0.4, 0.5) is 0 Å². The molecule has 0 aliphatic carbocycles. The Hall–Kier alpha value is -3.82. The molecule has 2 heterocycles. The molecule has 9 heteroatoms. The first kappa shape index (κ1) is 28.2. The van der Waals surface area contributed by atoms with Gasteiger partial charge in [-0.05, 0) is 42.7 Å². The van der Waals surface area contributed by atoms with Gasteiger partial charge in [-0.3, -0.25) is 14.3 Å². The maximum Gasteiger partial charge on any atom is 0.277 e. The van der Waals surface area contributed by atoms with E-state index in [2.05, 4.69) is 16.9 Å². The molecule has 0 aliphatic heterocycles. The Morgan fingerprint density at radius 1 is 1.00 bits per heavy atom. The topological polar surface area (TPSA) is 111 Å². The average molecular weight is 548 g/mol. The van der Waals surface area contributed by atoms with Gasteiger partial charge < -0.3 is 9.84 Å². The molecule has 0 amide bonds. The van der Waals surface area contributed by atoms with Gasteiger partial charge in [-0.2, -0.15) is 4.98 Å². The maximum atomic E-state index is 14.0. The van der Waals surface area contributed by atoms with Crippen molar-refractivity contribution in [1.82, 2.24) is 14.5 Å². The molecule has 204 valence electrons. The normalized spacial score (nSPS) is 12.4. The van der Waals surface area contributed by atoms with Gasteiger partial charge in [0.2, 0.25) is 15.7 Å². The van der Waals surface area contributed by atoms with E-state index in [1.54, 1.807) is 18.3 Å². The van der Waals surface area contributed by atoms with Crippen LogP contribution in [0.1, 0.15) is 49.3 Å². The largest absolute Gasteiger partial charge is 0.492 e. The van der Waals surface area contributed by atoms with Crippen molar-refractivity contribution < 1.29 is 18.3 Å². The molecule has 2 aromatic heterocycles. The lowest BCUT2D eigenvalue weighted by molar-refractivity contribution is 0.165. The lowest BCUT2D eigenvalue weighted by Crippen LogP contribution is -2.35. The van der Waals surface area contributed by atoms with Crippen molar-refractivity contribution in [2.75, 3.05) is 13.7 Å². The number of aromatic nitrogens is 3. The van der Waals surface area contributed by atoms with Crippen molar-refractivity contribution in [3.8, 4) is 17.0 Å². The van der Waals surface area contributed by atoms with Crippen LogP contribution in [-0.2, 0) is 21.0 Å². The first-order valence-electron chi connectivity index (χ1n) is 12.9. The quantitative estimate of drug-likeness (QED) is 0.259. The summed E-state index contributed by atoms with van der Waals surface area (Å²) in [4.78, 5) is 21.7. The lowest BCUT2D eigenvalue weighted by Gasteiger charge is -2.24. The fraction of sp³-hybridized carbons (Fsp3) is 0.300. The standard InChI is InChI=1S/C30H33N3O5S/c1-4-5-7-14-27-32-29(34)28(30(35)33(27)26(20-38-3)23-11-8-6-9-12-23)39(36,37)24-17-15-22(16-18-24)25-13-10-19-31-21(25)2/h6,8-13,15-19,26,34H,4-5,7,14,20H2,1-3H3. The molecule has 0 fully saturated rings. The van der Waals surface area contributed by atoms with Crippen LogP contribution in [0, 0.1) is 6.92 Å². The van der Waals surface area contributed by atoms with Crippen LogP contribution in [-0.4, -0.2) is 41.8 Å². The van der Waals surface area contributed by atoms with Crippen LogP contribution in [0.3, 0.4) is 0 Å². The van der Waals surface area contributed by atoms with Gasteiger partial charge in [0.1, 0.15) is 5.82 Å². The second-order valence-corrected chi connectivity index (χ2v) is 11.2. The average Bonchev–Trinajstić information content (AvgIpc) is 2.93. The van der Waals surface area contributed by atoms with Gasteiger partial charge in [0, 0.05) is 31.0 Å². The molecule has 0 aliphatic rings. The van der Waals surface area contributed by atoms with Crippen molar-refractivity contribution in [3.05, 3.63) is 100 Å². The maximum absolute atomic E-state index is 14.0. The van der Waals surface area contributed by atoms with Crippen molar-refractivity contribution in [3.63, 3.8) is 0 Å². The number of hydrogen-bond donors (Lipinski definition) is 1. The highest BCUT2D eigenvalue weighted by molar-refractivity contribution is 7.91. The van der Waals surface area contributed by atoms with E-state index in [9.17, 15) is 18.3 Å². The van der Waals surface area contributed by atoms with E-state index in [0.717, 1.165) is 41.6 Å². The number of rotatable bonds is 11. The molecule has 0 spiro atoms. The summed E-state index contributed by atoms with van der Waals surface area (Å²) in [6.45, 7) is 4.05. The van der Waals surface area contributed by atoms with Gasteiger partial charge in [-0.15, -0.1) is 0 Å². The van der Waals surface area contributed by atoms with Crippen molar-refractivity contribution in [2.45, 2.75) is 55.4 Å². The smallest absolute Gasteiger partial charge is 0.277 e. The molecule has 4 rings (SSSR count). The van der Waals surface area contributed by atoms with Crippen LogP contribution >= 0.6 is 0 Å². The van der Waals surface area contributed by atoms with Crippen LogP contribution < -0.4 is 5.56 Å². The van der Waals surface area contributed by atoms with E-state index in [0.29, 0.717) is 12.2 Å². The molecular formula is C30H33N3O5S. The summed E-state index contributed by atoms with van der Waals surface area (Å²) < 4.78 is 34.4. The molecule has 0 bridgehead atoms. The number of nitrogens with zero attached hydrogens (tertiary/aromatic N) is 3. The molecule has 2 aromatic carbocycles. The van der Waals surface area contributed by atoms with Gasteiger partial charge >= 0.3 is 0 Å². The molecule has 1 unspecified atom stereocenters. The molecule has 0 saturated carbocycles. The summed E-state index contributed by atoms with van der Waals surface area (Å²) in [5.74, 6) is -0.475. The Balaban J connectivity index is 1.86. The molecule has 1 N–H and O–H groups in total. The minimum atomic E-state index is -4.41. The zero-order valence-electron chi connectivity index (χ0n) is 22.4. The van der Waals surface area contributed by atoms with Gasteiger partial charge in [-0.1, -0.05) is 68.3 Å². The summed E-state index contributed by atoms with van der Waals surface area (Å²) in [6.07, 6.45) is 4.69. The third-order valence-corrected chi connectivity index (χ3v) is 8.49. The zero-order valence-corrected chi connectivity index (χ0v) is 23.2. The molecule has 1 atom stereocenters. The van der Waals surface area contributed by atoms with E-state index >= 15 is 0 Å². The minimum Gasteiger partial charge on any atom is -0.492 e. The number of aromatic hydroxyl groups is 1. The number of hydrogen-bond acceptors (Lipinski definition) is 7. The van der Waals surface area contributed by atoms with Gasteiger partial charge in [0.25, 0.3) is 5.56 Å². The van der Waals surface area contributed by atoms with E-state index in [-0.39, 0.29) is 11.5 Å². The highest BCUT2D eigenvalue weighted by Crippen LogP contribution is 2.30. The van der Waals surface area contributed by atoms with Gasteiger partial charge in [-0.25, -0.2) is 8.42 Å². The predicted octanol–water partition coefficient (Wildman–Crippen LogP) is 5.12. The third kappa shape index (κ3) is 5.94. The molecule has 39 heavy (non-hydrogen) atoms. The summed E-state index contributed by atoms with van der Waals surface area (Å²) >= 11 is 0. The fourth-order valence-corrected chi connectivity index (χ4v) is 6.03. The van der Waals surface area contributed by atoms with E-state index in [1.807, 2.05) is 49.4 Å². The predicted molar refractivity (Wildman–Crippen MR) is 150 cm³/mol. The Labute approximate surface area is 228 Å². The molecule has 8 nitrogen and oxygen atoms in total. The summed E-state index contributed by atoms with van der Waals surface area (Å²) in [6, 6.07) is 18.5. The van der Waals surface area contributed by atoms with Crippen molar-refractivity contribution in [1.29, 1.82) is 0 Å². The highest BCUT2D eigenvalue weighted by Gasteiger charge is 2.32. The highest BCUT2D eigenvalue weighted by atomic mass is 32.2. The second kappa shape index (κ2) is 12.4. The Morgan fingerprint density at radius 3 is 2.36 bits per heavy atom. The first-order chi connectivity index (χ1) is 18.8. The fourth-order valence-electron chi connectivity index (χ4n) is 4.69. The number of aryl methyl sites for hydroxylation is 2. The zero-order chi connectivity index (χ0) is 28.0. The molecule has 0 radical (unpaired) electrons. The molecule has 0 saturated heterocycles. The van der Waals surface area contributed by atoms with Gasteiger partial charge in [0.05, 0.1) is 17.5 Å². The first-order valence-corrected chi connectivity index (χ1v) is 14.4. The van der Waals surface area contributed by atoms with E-state index in [4.69, 9.17) is 4.74 Å². The number of sulfone groups is 1. The van der Waals surface area contributed by atoms with Crippen LogP contribution in [0.5, 0.6) is 5.88 Å². The molecule has 4 aromatic rings. The Kier molecular flexibility index (Phi) is 8.93. The number of pyridine rings is 1. The number of methoxy groups -OCH3 is 1. The second-order valence-electron chi connectivity index (χ2n) is 9.36. The summed E-state index contributed by atoms with van der Waals surface area (Å²) in [7, 11) is -2.88.